The summed E-state index contributed by atoms with van der Waals surface area (Å²) in [5.74, 6) is 0.451. The zero-order chi connectivity index (χ0) is 17.1. The molecule has 4 nitrogen and oxygen atoms in total. The average Bonchev–Trinajstić information content (AvgIpc) is 2.54. The van der Waals surface area contributed by atoms with Crippen LogP contribution in [0.1, 0.15) is 36.9 Å². The zero-order valence-corrected chi connectivity index (χ0v) is 15.6. The third-order valence-electron chi connectivity index (χ3n) is 4.28. The van der Waals surface area contributed by atoms with Crippen molar-refractivity contribution in [1.29, 1.82) is 0 Å². The van der Waals surface area contributed by atoms with Crippen LogP contribution >= 0.6 is 24.0 Å². The number of aryl methyl sites for hydroxylation is 1. The molecular weight excluding hydrogens is 359 g/mol. The largest absolute Gasteiger partial charge is 0.481 e. The first-order valence-corrected chi connectivity index (χ1v) is 8.51. The third kappa shape index (κ3) is 4.80. The van der Waals surface area contributed by atoms with Crippen LogP contribution in [0.4, 0.5) is 5.69 Å². The van der Waals surface area contributed by atoms with Gasteiger partial charge in [-0.25, -0.2) is 0 Å². The van der Waals surface area contributed by atoms with Crippen molar-refractivity contribution in [3.8, 4) is 5.75 Å². The highest BCUT2D eigenvalue weighted by Gasteiger charge is 2.24. The first-order chi connectivity index (χ1) is 11.5. The van der Waals surface area contributed by atoms with Crippen LogP contribution in [0.25, 0.3) is 0 Å². The van der Waals surface area contributed by atoms with Gasteiger partial charge in [0.2, 0.25) is 0 Å². The van der Waals surface area contributed by atoms with Crippen LogP contribution < -0.4 is 15.8 Å². The molecule has 134 valence electrons. The molecule has 0 aromatic heterocycles. The average molecular weight is 381 g/mol. The Morgan fingerprint density at radius 1 is 1.32 bits per heavy atom. The Balaban J connectivity index is 0.00000225. The van der Waals surface area contributed by atoms with E-state index in [9.17, 15) is 4.79 Å². The van der Waals surface area contributed by atoms with Gasteiger partial charge in [-0.3, -0.25) is 4.79 Å². The van der Waals surface area contributed by atoms with Gasteiger partial charge in [0, 0.05) is 10.7 Å². The van der Waals surface area contributed by atoms with Crippen molar-refractivity contribution in [3.63, 3.8) is 0 Å². The number of ether oxygens (including phenoxy) is 1. The fourth-order valence-electron chi connectivity index (χ4n) is 3.07. The molecular formula is C19H22Cl2N2O2. The fourth-order valence-corrected chi connectivity index (χ4v) is 3.25. The second-order valence-electron chi connectivity index (χ2n) is 6.13. The predicted octanol–water partition coefficient (Wildman–Crippen LogP) is 4.31. The topological polar surface area (TPSA) is 64.3 Å². The quantitative estimate of drug-likeness (QED) is 0.776. The van der Waals surface area contributed by atoms with Crippen molar-refractivity contribution in [2.75, 3.05) is 5.73 Å². The van der Waals surface area contributed by atoms with Crippen LogP contribution in [0.5, 0.6) is 5.75 Å². The Morgan fingerprint density at radius 2 is 2.12 bits per heavy atom. The van der Waals surface area contributed by atoms with E-state index in [4.69, 9.17) is 22.1 Å². The van der Waals surface area contributed by atoms with Crippen LogP contribution in [0.2, 0.25) is 5.02 Å². The molecule has 0 saturated heterocycles. The minimum absolute atomic E-state index is 0. The Morgan fingerprint density at radius 3 is 2.88 bits per heavy atom. The Hall–Kier alpha value is -1.91. The van der Waals surface area contributed by atoms with Crippen LogP contribution in [-0.2, 0) is 11.2 Å². The lowest BCUT2D eigenvalue weighted by Crippen LogP contribution is -2.39. The number of fused-ring (bicyclic) bond motifs is 1. The maximum Gasteiger partial charge on any atom is 0.261 e. The summed E-state index contributed by atoms with van der Waals surface area (Å²) in [5.41, 5.74) is 8.99. The molecule has 2 atom stereocenters. The van der Waals surface area contributed by atoms with E-state index in [-0.39, 0.29) is 24.4 Å². The molecule has 0 spiro atoms. The number of carbonyl (C=O) groups excluding carboxylic acids is 1. The van der Waals surface area contributed by atoms with Crippen LogP contribution in [0, 0.1) is 0 Å². The highest BCUT2D eigenvalue weighted by Crippen LogP contribution is 2.31. The minimum atomic E-state index is -0.595. The Bertz CT molecular complexity index is 752. The Labute approximate surface area is 159 Å². The number of anilines is 1. The molecule has 0 saturated carbocycles. The molecule has 1 aliphatic carbocycles. The molecule has 0 bridgehead atoms. The maximum atomic E-state index is 12.5. The summed E-state index contributed by atoms with van der Waals surface area (Å²) in [4.78, 5) is 12.5. The summed E-state index contributed by atoms with van der Waals surface area (Å²) in [5, 5.41) is 3.67. The second-order valence-corrected chi connectivity index (χ2v) is 6.57. The molecule has 3 rings (SSSR count). The molecule has 2 aromatic rings. The minimum Gasteiger partial charge on any atom is -0.481 e. The first-order valence-electron chi connectivity index (χ1n) is 8.14. The Kier molecular flexibility index (Phi) is 6.57. The smallest absolute Gasteiger partial charge is 0.261 e. The standard InChI is InChI=1S/C19H21ClN2O2.ClH/c1-12(24-16-6-3-5-14(20)11-16)19(23)22-18-7-2-4-13-10-15(21)8-9-17(13)18;/h3,5-6,8-12,18H,2,4,7,21H2,1H3,(H,22,23);1H. The van der Waals surface area contributed by atoms with Crippen molar-refractivity contribution < 1.29 is 9.53 Å². The summed E-state index contributed by atoms with van der Waals surface area (Å²) in [6.45, 7) is 1.74. The molecule has 3 N–H and O–H groups in total. The molecule has 1 amide bonds. The van der Waals surface area contributed by atoms with Crippen molar-refractivity contribution in [2.24, 2.45) is 0 Å². The number of nitrogen functional groups attached to an aromatic ring is 1. The fraction of sp³-hybridized carbons (Fsp3) is 0.316. The van der Waals surface area contributed by atoms with Crippen molar-refractivity contribution in [3.05, 3.63) is 58.6 Å². The van der Waals surface area contributed by atoms with Gasteiger partial charge < -0.3 is 15.8 Å². The summed E-state index contributed by atoms with van der Waals surface area (Å²) in [6, 6.07) is 12.9. The van der Waals surface area contributed by atoms with E-state index in [1.54, 1.807) is 31.2 Å². The monoisotopic (exact) mass is 380 g/mol. The number of amides is 1. The van der Waals surface area contributed by atoms with Crippen LogP contribution in [-0.4, -0.2) is 12.0 Å². The van der Waals surface area contributed by atoms with Gasteiger partial charge in [-0.15, -0.1) is 12.4 Å². The molecule has 2 aromatic carbocycles. The van der Waals surface area contributed by atoms with E-state index in [1.165, 1.54) is 5.56 Å². The number of rotatable bonds is 4. The lowest BCUT2D eigenvalue weighted by molar-refractivity contribution is -0.128. The van der Waals surface area contributed by atoms with Crippen LogP contribution in [0.3, 0.4) is 0 Å². The molecule has 25 heavy (non-hydrogen) atoms. The summed E-state index contributed by atoms with van der Waals surface area (Å²) >= 11 is 5.94. The number of halogens is 2. The molecule has 0 heterocycles. The van der Waals surface area contributed by atoms with Gasteiger partial charge in [0.15, 0.2) is 6.10 Å². The zero-order valence-electron chi connectivity index (χ0n) is 14.0. The van der Waals surface area contributed by atoms with Gasteiger partial charge in [-0.05, 0) is 67.6 Å². The second kappa shape index (κ2) is 8.45. The SMILES string of the molecule is CC(Oc1cccc(Cl)c1)C(=O)NC1CCCc2cc(N)ccc21.Cl. The molecule has 0 aliphatic heterocycles. The van der Waals surface area contributed by atoms with Gasteiger partial charge >= 0.3 is 0 Å². The third-order valence-corrected chi connectivity index (χ3v) is 4.51. The number of nitrogens with two attached hydrogens (primary N) is 1. The lowest BCUT2D eigenvalue weighted by Gasteiger charge is -2.28. The number of hydrogen-bond acceptors (Lipinski definition) is 3. The van der Waals surface area contributed by atoms with E-state index >= 15 is 0 Å². The molecule has 2 unspecified atom stereocenters. The van der Waals surface area contributed by atoms with Gasteiger partial charge in [0.05, 0.1) is 6.04 Å². The van der Waals surface area contributed by atoms with E-state index < -0.39 is 6.10 Å². The number of nitrogens with one attached hydrogen (secondary N) is 1. The van der Waals surface area contributed by atoms with Crippen LogP contribution in [0.15, 0.2) is 42.5 Å². The van der Waals surface area contributed by atoms with E-state index in [0.717, 1.165) is 30.5 Å². The normalized spacial score (nSPS) is 17.0. The first kappa shape index (κ1) is 19.4. The number of benzene rings is 2. The predicted molar refractivity (Wildman–Crippen MR) is 103 cm³/mol. The van der Waals surface area contributed by atoms with E-state index in [2.05, 4.69) is 5.32 Å². The van der Waals surface area contributed by atoms with Gasteiger partial charge in [-0.1, -0.05) is 23.7 Å². The summed E-state index contributed by atoms with van der Waals surface area (Å²) in [7, 11) is 0. The summed E-state index contributed by atoms with van der Waals surface area (Å²) < 4.78 is 5.69. The van der Waals surface area contributed by atoms with Crippen molar-refractivity contribution in [1.82, 2.24) is 5.32 Å². The van der Waals surface area contributed by atoms with Gasteiger partial charge in [-0.2, -0.15) is 0 Å². The van der Waals surface area contributed by atoms with Crippen molar-refractivity contribution in [2.45, 2.75) is 38.3 Å². The lowest BCUT2D eigenvalue weighted by atomic mass is 9.87. The molecule has 0 radical (unpaired) electrons. The maximum absolute atomic E-state index is 12.5. The van der Waals surface area contributed by atoms with Gasteiger partial charge in [0.25, 0.3) is 5.91 Å². The van der Waals surface area contributed by atoms with Crippen molar-refractivity contribution >= 4 is 35.6 Å². The number of carbonyl (C=O) groups is 1. The number of hydrogen-bond donors (Lipinski definition) is 2. The van der Waals surface area contributed by atoms with E-state index in [0.29, 0.717) is 10.8 Å². The molecule has 1 aliphatic rings. The van der Waals surface area contributed by atoms with E-state index in [1.807, 2.05) is 18.2 Å². The highest BCUT2D eigenvalue weighted by molar-refractivity contribution is 6.30. The van der Waals surface area contributed by atoms with Gasteiger partial charge in [0.1, 0.15) is 5.75 Å². The molecule has 6 heteroatoms. The molecule has 0 fully saturated rings. The highest BCUT2D eigenvalue weighted by atomic mass is 35.5. The summed E-state index contributed by atoms with van der Waals surface area (Å²) in [6.07, 6.45) is 2.36.